The van der Waals surface area contributed by atoms with Crippen molar-refractivity contribution in [3.8, 4) is 5.75 Å². The number of halogens is 4. The molecule has 2 aromatic rings. The first-order valence-corrected chi connectivity index (χ1v) is 10.3. The van der Waals surface area contributed by atoms with Gasteiger partial charge < -0.3 is 14.7 Å². The van der Waals surface area contributed by atoms with Crippen molar-refractivity contribution >= 4 is 11.6 Å². The number of alkyl halides is 3. The molecule has 0 bridgehead atoms. The van der Waals surface area contributed by atoms with Crippen molar-refractivity contribution in [1.29, 1.82) is 0 Å². The number of rotatable bonds is 5. The Morgan fingerprint density at radius 1 is 1.17 bits per heavy atom. The van der Waals surface area contributed by atoms with Gasteiger partial charge in [-0.25, -0.2) is 0 Å². The summed E-state index contributed by atoms with van der Waals surface area (Å²) in [6.07, 6.45) is -2.33. The van der Waals surface area contributed by atoms with E-state index in [1.165, 1.54) is 12.1 Å². The van der Waals surface area contributed by atoms with Crippen LogP contribution >= 0.6 is 11.6 Å². The second-order valence-corrected chi connectivity index (χ2v) is 8.64. The normalized spacial score (nSPS) is 24.8. The third-order valence-corrected chi connectivity index (χ3v) is 6.34. The number of hydrogen-bond donors (Lipinski definition) is 1. The Kier molecular flexibility index (Phi) is 6.70. The molecule has 30 heavy (non-hydrogen) atoms. The van der Waals surface area contributed by atoms with Gasteiger partial charge >= 0.3 is 6.18 Å². The van der Waals surface area contributed by atoms with Crippen LogP contribution in [0.3, 0.4) is 0 Å². The van der Waals surface area contributed by atoms with Gasteiger partial charge in [-0.3, -0.25) is 0 Å². The molecule has 0 saturated heterocycles. The van der Waals surface area contributed by atoms with E-state index < -0.39 is 17.3 Å². The molecule has 0 amide bonds. The summed E-state index contributed by atoms with van der Waals surface area (Å²) in [4.78, 5) is 1.96. The number of aliphatic hydroxyl groups is 1. The summed E-state index contributed by atoms with van der Waals surface area (Å²) in [7, 11) is 5.37. The predicted octanol–water partition coefficient (Wildman–Crippen LogP) is 5.70. The summed E-state index contributed by atoms with van der Waals surface area (Å²) < 4.78 is 46.0. The highest BCUT2D eigenvalue weighted by Gasteiger charge is 2.49. The first-order valence-electron chi connectivity index (χ1n) is 9.95. The summed E-state index contributed by atoms with van der Waals surface area (Å²) in [6, 6.07) is 11.2. The lowest BCUT2D eigenvalue weighted by atomic mass is 9.62. The second-order valence-electron chi connectivity index (χ2n) is 8.24. The lowest BCUT2D eigenvalue weighted by Crippen LogP contribution is -2.48. The van der Waals surface area contributed by atoms with E-state index in [1.54, 1.807) is 7.11 Å². The van der Waals surface area contributed by atoms with Gasteiger partial charge in [0.15, 0.2) is 0 Å². The minimum absolute atomic E-state index is 0.236. The van der Waals surface area contributed by atoms with Gasteiger partial charge in [0.05, 0.1) is 17.7 Å². The molecule has 3 unspecified atom stereocenters. The van der Waals surface area contributed by atoms with Crippen LogP contribution in [0.4, 0.5) is 13.2 Å². The van der Waals surface area contributed by atoms with Crippen LogP contribution in [-0.2, 0) is 11.8 Å². The Balaban J connectivity index is 2.18. The Bertz CT molecular complexity index is 887. The van der Waals surface area contributed by atoms with Gasteiger partial charge in [0.25, 0.3) is 0 Å². The lowest BCUT2D eigenvalue weighted by molar-refractivity contribution is -0.138. The van der Waals surface area contributed by atoms with E-state index >= 15 is 0 Å². The first-order chi connectivity index (χ1) is 14.1. The molecule has 1 aliphatic rings. The van der Waals surface area contributed by atoms with Crippen LogP contribution in [0.1, 0.15) is 41.9 Å². The van der Waals surface area contributed by atoms with E-state index in [2.05, 4.69) is 0 Å². The zero-order chi connectivity index (χ0) is 22.1. The van der Waals surface area contributed by atoms with Crippen LogP contribution in [0.25, 0.3) is 0 Å². The molecular weight excluding hydrogens is 415 g/mol. The Morgan fingerprint density at radius 2 is 1.90 bits per heavy atom. The maximum absolute atomic E-state index is 13.6. The Labute approximate surface area is 180 Å². The molecule has 0 aliphatic heterocycles. The SMILES string of the molecule is COc1cccc(C2CCCC(CN(C)C)C2(O)c2ccc(Cl)c(C(F)(F)F)c2)c1. The van der Waals surface area contributed by atoms with Crippen molar-refractivity contribution in [3.05, 3.63) is 64.2 Å². The molecule has 3 nitrogen and oxygen atoms in total. The second kappa shape index (κ2) is 8.77. The van der Waals surface area contributed by atoms with Gasteiger partial charge in [0.2, 0.25) is 0 Å². The number of ether oxygens (including phenoxy) is 1. The molecule has 0 spiro atoms. The minimum Gasteiger partial charge on any atom is -0.497 e. The van der Waals surface area contributed by atoms with E-state index in [4.69, 9.17) is 16.3 Å². The monoisotopic (exact) mass is 441 g/mol. The van der Waals surface area contributed by atoms with Crippen LogP contribution in [0.15, 0.2) is 42.5 Å². The topological polar surface area (TPSA) is 32.7 Å². The highest BCUT2D eigenvalue weighted by molar-refractivity contribution is 6.31. The van der Waals surface area contributed by atoms with Gasteiger partial charge in [-0.05, 0) is 62.3 Å². The van der Waals surface area contributed by atoms with Crippen LogP contribution in [-0.4, -0.2) is 37.8 Å². The maximum Gasteiger partial charge on any atom is 0.417 e. The van der Waals surface area contributed by atoms with E-state index in [9.17, 15) is 18.3 Å². The zero-order valence-electron chi connectivity index (χ0n) is 17.3. The fraction of sp³-hybridized carbons (Fsp3) is 0.478. The van der Waals surface area contributed by atoms with Crippen molar-refractivity contribution in [3.63, 3.8) is 0 Å². The summed E-state index contributed by atoms with van der Waals surface area (Å²) in [6.45, 7) is 0.556. The lowest BCUT2D eigenvalue weighted by Gasteiger charge is -2.48. The highest BCUT2D eigenvalue weighted by atomic mass is 35.5. The highest BCUT2D eigenvalue weighted by Crippen LogP contribution is 2.52. The van der Waals surface area contributed by atoms with Crippen molar-refractivity contribution in [2.24, 2.45) is 5.92 Å². The molecule has 3 atom stereocenters. The molecule has 0 aromatic heterocycles. The largest absolute Gasteiger partial charge is 0.497 e. The molecule has 1 fully saturated rings. The molecular formula is C23H27ClF3NO2. The van der Waals surface area contributed by atoms with Gasteiger partial charge in [0, 0.05) is 18.4 Å². The summed E-state index contributed by atoms with van der Waals surface area (Å²) in [5.74, 6) is 0.0462. The fourth-order valence-corrected chi connectivity index (χ4v) is 4.90. The smallest absolute Gasteiger partial charge is 0.417 e. The molecule has 1 N–H and O–H groups in total. The van der Waals surface area contributed by atoms with Crippen molar-refractivity contribution in [2.75, 3.05) is 27.7 Å². The van der Waals surface area contributed by atoms with Gasteiger partial charge in [-0.15, -0.1) is 0 Å². The molecule has 2 aromatic carbocycles. The van der Waals surface area contributed by atoms with E-state index in [0.29, 0.717) is 18.7 Å². The molecule has 1 saturated carbocycles. The average Bonchev–Trinajstić information content (AvgIpc) is 2.68. The van der Waals surface area contributed by atoms with E-state index in [-0.39, 0.29) is 22.4 Å². The van der Waals surface area contributed by atoms with E-state index in [0.717, 1.165) is 24.5 Å². The van der Waals surface area contributed by atoms with Gasteiger partial charge in [0.1, 0.15) is 11.4 Å². The Morgan fingerprint density at radius 3 is 2.53 bits per heavy atom. The molecule has 164 valence electrons. The zero-order valence-corrected chi connectivity index (χ0v) is 18.1. The number of benzene rings is 2. The van der Waals surface area contributed by atoms with Crippen LogP contribution < -0.4 is 4.74 Å². The van der Waals surface area contributed by atoms with E-state index in [1.807, 2.05) is 43.3 Å². The molecule has 3 rings (SSSR count). The third-order valence-electron chi connectivity index (χ3n) is 6.01. The Hall–Kier alpha value is -1.76. The van der Waals surface area contributed by atoms with Crippen molar-refractivity contribution in [1.82, 2.24) is 4.90 Å². The molecule has 7 heteroatoms. The molecule has 0 radical (unpaired) electrons. The quantitative estimate of drug-likeness (QED) is 0.646. The fourth-order valence-electron chi connectivity index (χ4n) is 4.67. The molecule has 1 aliphatic carbocycles. The van der Waals surface area contributed by atoms with Crippen LogP contribution in [0.5, 0.6) is 5.75 Å². The third kappa shape index (κ3) is 4.46. The van der Waals surface area contributed by atoms with Gasteiger partial charge in [-0.2, -0.15) is 13.2 Å². The summed E-state index contributed by atoms with van der Waals surface area (Å²) in [5.41, 5.74) is -1.30. The summed E-state index contributed by atoms with van der Waals surface area (Å²) in [5, 5.41) is 11.8. The number of hydrogen-bond acceptors (Lipinski definition) is 3. The van der Waals surface area contributed by atoms with Crippen LogP contribution in [0, 0.1) is 5.92 Å². The first kappa shape index (κ1) is 22.9. The standard InChI is InChI=1S/C23H27ClF3NO2/c1-28(2)14-17-7-5-9-19(15-6-4-8-18(12-15)30-3)22(17,29)16-10-11-21(24)20(13-16)23(25,26)27/h4,6,8,10-13,17,19,29H,5,7,9,14H2,1-3H3. The predicted molar refractivity (Wildman–Crippen MR) is 112 cm³/mol. The number of methoxy groups -OCH3 is 1. The summed E-state index contributed by atoms with van der Waals surface area (Å²) >= 11 is 5.85. The van der Waals surface area contributed by atoms with Crippen molar-refractivity contribution in [2.45, 2.75) is 37.0 Å². The van der Waals surface area contributed by atoms with Gasteiger partial charge in [-0.1, -0.05) is 36.2 Å². The minimum atomic E-state index is -4.60. The maximum atomic E-state index is 13.6. The molecule has 0 heterocycles. The van der Waals surface area contributed by atoms with Crippen molar-refractivity contribution < 1.29 is 23.0 Å². The number of nitrogens with zero attached hydrogens (tertiary/aromatic N) is 1. The average molecular weight is 442 g/mol. The van der Waals surface area contributed by atoms with Crippen LogP contribution in [0.2, 0.25) is 5.02 Å².